The summed E-state index contributed by atoms with van der Waals surface area (Å²) in [5, 5.41) is 0. The lowest BCUT2D eigenvalue weighted by Crippen LogP contribution is -2.43. The Morgan fingerprint density at radius 2 is 1.89 bits per heavy atom. The molecule has 4 rings (SSSR count). The maximum Gasteiger partial charge on any atom is 0.145 e. The van der Waals surface area contributed by atoms with Crippen LogP contribution >= 0.6 is 0 Å². The predicted molar refractivity (Wildman–Crippen MR) is 71.9 cm³/mol. The summed E-state index contributed by atoms with van der Waals surface area (Å²) in [6.07, 6.45) is 5.47. The van der Waals surface area contributed by atoms with Crippen molar-refractivity contribution in [3.63, 3.8) is 0 Å². The van der Waals surface area contributed by atoms with Crippen molar-refractivity contribution in [2.75, 3.05) is 23.4 Å². The third kappa shape index (κ3) is 2.15. The molecule has 0 aromatic carbocycles. The van der Waals surface area contributed by atoms with Gasteiger partial charge in [-0.2, -0.15) is 0 Å². The number of ether oxygens (including phenoxy) is 1. The van der Waals surface area contributed by atoms with Crippen molar-refractivity contribution in [3.8, 4) is 0 Å². The van der Waals surface area contributed by atoms with Gasteiger partial charge in [-0.25, -0.2) is 15.8 Å². The highest BCUT2D eigenvalue weighted by Crippen LogP contribution is 2.39. The molecule has 0 amide bonds. The van der Waals surface area contributed by atoms with Crippen LogP contribution in [0.25, 0.3) is 0 Å². The molecule has 1 saturated carbocycles. The van der Waals surface area contributed by atoms with E-state index in [2.05, 4.69) is 15.3 Å². The van der Waals surface area contributed by atoms with Crippen LogP contribution in [0.3, 0.4) is 0 Å². The van der Waals surface area contributed by atoms with Crippen molar-refractivity contribution >= 4 is 11.6 Å². The van der Waals surface area contributed by atoms with Crippen molar-refractivity contribution in [2.24, 2.45) is 5.84 Å². The van der Waals surface area contributed by atoms with Crippen LogP contribution in [0.4, 0.5) is 11.6 Å². The van der Waals surface area contributed by atoms with E-state index in [-0.39, 0.29) is 0 Å². The fourth-order valence-electron chi connectivity index (χ4n) is 3.01. The Morgan fingerprint density at radius 3 is 2.53 bits per heavy atom. The van der Waals surface area contributed by atoms with Gasteiger partial charge in [-0.05, 0) is 25.7 Å². The highest BCUT2D eigenvalue weighted by molar-refractivity contribution is 5.50. The zero-order valence-corrected chi connectivity index (χ0v) is 10.9. The lowest BCUT2D eigenvalue weighted by atomic mass is 10.2. The van der Waals surface area contributed by atoms with E-state index in [9.17, 15) is 0 Å². The number of nitrogens with two attached hydrogens (primary N) is 1. The number of hydrogen-bond acceptors (Lipinski definition) is 6. The Bertz CT molecular complexity index is 478. The highest BCUT2D eigenvalue weighted by Gasteiger charge is 2.35. The van der Waals surface area contributed by atoms with E-state index >= 15 is 0 Å². The number of nitrogen functional groups attached to an aromatic ring is 1. The molecule has 2 atom stereocenters. The number of nitrogens with one attached hydrogen (secondary N) is 1. The summed E-state index contributed by atoms with van der Waals surface area (Å²) in [5.41, 5.74) is 2.66. The van der Waals surface area contributed by atoms with Crippen molar-refractivity contribution < 1.29 is 4.74 Å². The van der Waals surface area contributed by atoms with Crippen molar-refractivity contribution in [2.45, 2.75) is 43.8 Å². The molecule has 1 aliphatic carbocycles. The van der Waals surface area contributed by atoms with E-state index in [0.29, 0.717) is 23.9 Å². The summed E-state index contributed by atoms with van der Waals surface area (Å²) in [6, 6.07) is 1.94. The maximum atomic E-state index is 5.87. The zero-order valence-electron chi connectivity index (χ0n) is 10.9. The van der Waals surface area contributed by atoms with Gasteiger partial charge in [-0.1, -0.05) is 0 Å². The molecule has 2 saturated heterocycles. The van der Waals surface area contributed by atoms with Gasteiger partial charge in [-0.15, -0.1) is 0 Å². The molecule has 3 aliphatic rings. The molecule has 0 spiro atoms. The normalized spacial score (nSPS) is 29.6. The molecule has 2 aliphatic heterocycles. The van der Waals surface area contributed by atoms with Crippen molar-refractivity contribution in [1.29, 1.82) is 0 Å². The van der Waals surface area contributed by atoms with Crippen LogP contribution < -0.4 is 16.2 Å². The molecule has 6 heteroatoms. The van der Waals surface area contributed by atoms with E-state index in [0.717, 1.165) is 24.7 Å². The van der Waals surface area contributed by atoms with Gasteiger partial charge in [0.2, 0.25) is 0 Å². The van der Waals surface area contributed by atoms with E-state index in [4.69, 9.17) is 15.6 Å². The van der Waals surface area contributed by atoms with E-state index in [1.54, 1.807) is 0 Å². The smallest absolute Gasteiger partial charge is 0.145 e. The van der Waals surface area contributed by atoms with Crippen molar-refractivity contribution in [3.05, 3.63) is 11.9 Å². The van der Waals surface area contributed by atoms with Crippen LogP contribution in [0.1, 0.15) is 37.4 Å². The molecular weight excluding hydrogens is 242 g/mol. The Labute approximate surface area is 112 Å². The Balaban J connectivity index is 1.64. The fraction of sp³-hybridized carbons (Fsp3) is 0.692. The summed E-state index contributed by atoms with van der Waals surface area (Å²) in [6.45, 7) is 1.86. The molecule has 3 heterocycles. The Kier molecular flexibility index (Phi) is 2.60. The van der Waals surface area contributed by atoms with Gasteiger partial charge in [-0.3, -0.25) is 0 Å². The van der Waals surface area contributed by atoms with Crippen LogP contribution in [0.15, 0.2) is 6.07 Å². The lowest BCUT2D eigenvalue weighted by molar-refractivity contribution is 0.0302. The first-order valence-corrected chi connectivity index (χ1v) is 7.08. The topological polar surface area (TPSA) is 76.3 Å². The van der Waals surface area contributed by atoms with Gasteiger partial charge >= 0.3 is 0 Å². The van der Waals surface area contributed by atoms with E-state index in [1.807, 2.05) is 6.07 Å². The van der Waals surface area contributed by atoms with Crippen LogP contribution in [0, 0.1) is 0 Å². The molecule has 1 aromatic rings. The average molecular weight is 261 g/mol. The van der Waals surface area contributed by atoms with Gasteiger partial charge in [0.15, 0.2) is 0 Å². The predicted octanol–water partition coefficient (Wildman–Crippen LogP) is 1.01. The number of hydrogen-bond donors (Lipinski definition) is 2. The van der Waals surface area contributed by atoms with Gasteiger partial charge in [0, 0.05) is 25.1 Å². The maximum absolute atomic E-state index is 5.87. The minimum Gasteiger partial charge on any atom is -0.371 e. The number of nitrogens with zero attached hydrogens (tertiary/aromatic N) is 3. The largest absolute Gasteiger partial charge is 0.371 e. The molecule has 2 bridgehead atoms. The highest BCUT2D eigenvalue weighted by atomic mass is 16.5. The van der Waals surface area contributed by atoms with Crippen LogP contribution in [0.5, 0.6) is 0 Å². The molecule has 1 aromatic heterocycles. The molecule has 3 N–H and O–H groups in total. The Hall–Kier alpha value is -1.40. The molecule has 2 unspecified atom stereocenters. The number of aromatic nitrogens is 2. The first kappa shape index (κ1) is 11.4. The molecule has 6 nitrogen and oxygen atoms in total. The number of rotatable bonds is 3. The second-order valence-corrected chi connectivity index (χ2v) is 5.75. The number of fused-ring (bicyclic) bond motifs is 2. The molecule has 0 radical (unpaired) electrons. The summed E-state index contributed by atoms with van der Waals surface area (Å²) in [5.74, 6) is 8.69. The van der Waals surface area contributed by atoms with Gasteiger partial charge in [0.25, 0.3) is 0 Å². The van der Waals surface area contributed by atoms with Crippen LogP contribution in [-0.4, -0.2) is 35.3 Å². The zero-order chi connectivity index (χ0) is 12.8. The SMILES string of the molecule is NNc1cc(N2CC3CCC(C2)O3)nc(C2CC2)n1. The molecule has 3 fully saturated rings. The van der Waals surface area contributed by atoms with Crippen molar-refractivity contribution in [1.82, 2.24) is 9.97 Å². The second-order valence-electron chi connectivity index (χ2n) is 5.75. The summed E-state index contributed by atoms with van der Waals surface area (Å²) in [4.78, 5) is 11.5. The molecule has 19 heavy (non-hydrogen) atoms. The number of hydrazine groups is 1. The van der Waals surface area contributed by atoms with E-state index < -0.39 is 0 Å². The second kappa shape index (κ2) is 4.31. The fourth-order valence-corrected chi connectivity index (χ4v) is 3.01. The monoisotopic (exact) mass is 261 g/mol. The molecular formula is C13H19N5O. The summed E-state index contributed by atoms with van der Waals surface area (Å²) < 4.78 is 5.87. The van der Waals surface area contributed by atoms with Gasteiger partial charge < -0.3 is 15.1 Å². The lowest BCUT2D eigenvalue weighted by Gasteiger charge is -2.33. The number of morpholine rings is 1. The van der Waals surface area contributed by atoms with Crippen LogP contribution in [0.2, 0.25) is 0 Å². The first-order valence-electron chi connectivity index (χ1n) is 7.08. The first-order chi connectivity index (χ1) is 9.31. The minimum atomic E-state index is 0.368. The van der Waals surface area contributed by atoms with Crippen LogP contribution in [-0.2, 0) is 4.74 Å². The van der Waals surface area contributed by atoms with E-state index in [1.165, 1.54) is 25.7 Å². The molecule has 102 valence electrons. The Morgan fingerprint density at radius 1 is 1.16 bits per heavy atom. The standard InChI is InChI=1S/C13H19N5O/c14-17-11-5-12(16-13(15-11)8-1-2-8)18-6-9-3-4-10(7-18)19-9/h5,8-10H,1-4,6-7,14H2,(H,15,16,17). The van der Waals surface area contributed by atoms with Gasteiger partial charge in [0.1, 0.15) is 17.5 Å². The van der Waals surface area contributed by atoms with Gasteiger partial charge in [0.05, 0.1) is 12.2 Å². The minimum absolute atomic E-state index is 0.368. The average Bonchev–Trinajstić information content (AvgIpc) is 3.24. The third-order valence-electron chi connectivity index (χ3n) is 4.19. The third-order valence-corrected chi connectivity index (χ3v) is 4.19. The number of anilines is 2. The summed E-state index contributed by atoms with van der Waals surface area (Å²) in [7, 11) is 0. The summed E-state index contributed by atoms with van der Waals surface area (Å²) >= 11 is 0. The quantitative estimate of drug-likeness (QED) is 0.624.